The van der Waals surface area contributed by atoms with Gasteiger partial charge in [0.05, 0.1) is 6.20 Å². The molecule has 0 aliphatic heterocycles. The number of hydrogen-bond acceptors (Lipinski definition) is 1. The van der Waals surface area contributed by atoms with Gasteiger partial charge in [-0.2, -0.15) is 0 Å². The van der Waals surface area contributed by atoms with Crippen LogP contribution >= 0.6 is 11.6 Å². The van der Waals surface area contributed by atoms with Crippen LogP contribution in [-0.2, 0) is 0 Å². The van der Waals surface area contributed by atoms with Crippen molar-refractivity contribution >= 4 is 11.6 Å². The molecule has 2 rings (SSSR count). The van der Waals surface area contributed by atoms with Crippen molar-refractivity contribution in [3.63, 3.8) is 0 Å². The first-order chi connectivity index (χ1) is 6.29. The Morgan fingerprint density at radius 2 is 2.31 bits per heavy atom. The second-order valence-corrected chi connectivity index (χ2v) is 4.01. The van der Waals surface area contributed by atoms with Crippen molar-refractivity contribution in [3.05, 3.63) is 29.8 Å². The molecular weight excluding hydrogens is 189 g/mol. The van der Waals surface area contributed by atoms with Gasteiger partial charge in [-0.15, -0.1) is 11.6 Å². The van der Waals surface area contributed by atoms with Crippen LogP contribution in [0.3, 0.4) is 0 Å². The second-order valence-electron chi connectivity index (χ2n) is 3.45. The molecule has 3 heteroatoms. The monoisotopic (exact) mass is 199 g/mol. The maximum atomic E-state index is 13.3. The summed E-state index contributed by atoms with van der Waals surface area (Å²) in [6, 6.07) is 1.74. The lowest BCUT2D eigenvalue weighted by Gasteiger charge is -2.13. The van der Waals surface area contributed by atoms with E-state index in [9.17, 15) is 4.39 Å². The molecule has 1 heterocycles. The molecule has 13 heavy (non-hydrogen) atoms. The van der Waals surface area contributed by atoms with E-state index in [0.29, 0.717) is 0 Å². The highest BCUT2D eigenvalue weighted by molar-refractivity contribution is 6.21. The van der Waals surface area contributed by atoms with Gasteiger partial charge in [0.2, 0.25) is 0 Å². The Hall–Kier alpha value is -0.630. The quantitative estimate of drug-likeness (QED) is 0.634. The van der Waals surface area contributed by atoms with E-state index in [-0.39, 0.29) is 17.1 Å². The Morgan fingerprint density at radius 3 is 2.92 bits per heavy atom. The topological polar surface area (TPSA) is 12.9 Å². The number of aromatic nitrogens is 1. The van der Waals surface area contributed by atoms with Gasteiger partial charge in [0.1, 0.15) is 5.82 Å². The molecule has 0 saturated heterocycles. The maximum absolute atomic E-state index is 13.3. The molecule has 0 radical (unpaired) electrons. The molecule has 1 aliphatic rings. The molecule has 2 unspecified atom stereocenters. The first-order valence-corrected chi connectivity index (χ1v) is 4.96. The zero-order valence-electron chi connectivity index (χ0n) is 7.21. The van der Waals surface area contributed by atoms with E-state index in [1.54, 1.807) is 12.3 Å². The molecule has 0 aromatic carbocycles. The van der Waals surface area contributed by atoms with E-state index in [2.05, 4.69) is 4.98 Å². The van der Waals surface area contributed by atoms with E-state index in [0.717, 1.165) is 24.8 Å². The largest absolute Gasteiger partial charge is 0.262 e. The molecule has 0 N–H and O–H groups in total. The first kappa shape index (κ1) is 8.95. The van der Waals surface area contributed by atoms with Gasteiger partial charge in [-0.05, 0) is 24.5 Å². The Bertz CT molecular complexity index is 303. The van der Waals surface area contributed by atoms with E-state index in [1.807, 2.05) is 0 Å². The zero-order chi connectivity index (χ0) is 9.26. The van der Waals surface area contributed by atoms with Gasteiger partial charge in [-0.25, -0.2) is 4.39 Å². The van der Waals surface area contributed by atoms with E-state index >= 15 is 0 Å². The highest BCUT2D eigenvalue weighted by atomic mass is 35.5. The molecule has 2 atom stereocenters. The number of halogens is 2. The van der Waals surface area contributed by atoms with Crippen LogP contribution in [0.25, 0.3) is 0 Å². The van der Waals surface area contributed by atoms with Crippen molar-refractivity contribution < 1.29 is 4.39 Å². The van der Waals surface area contributed by atoms with E-state index < -0.39 is 0 Å². The minimum absolute atomic E-state index is 0.0944. The molecular formula is C10H11ClFN. The van der Waals surface area contributed by atoms with Crippen LogP contribution in [-0.4, -0.2) is 10.4 Å². The van der Waals surface area contributed by atoms with Crippen molar-refractivity contribution in [3.8, 4) is 0 Å². The van der Waals surface area contributed by atoms with E-state index in [4.69, 9.17) is 11.6 Å². The molecule has 1 aromatic rings. The second kappa shape index (κ2) is 3.62. The number of alkyl halides is 1. The van der Waals surface area contributed by atoms with Gasteiger partial charge in [-0.3, -0.25) is 4.98 Å². The summed E-state index contributed by atoms with van der Waals surface area (Å²) in [4.78, 5) is 3.72. The molecule has 1 saturated carbocycles. The molecule has 0 spiro atoms. The lowest BCUT2D eigenvalue weighted by atomic mass is 9.98. The zero-order valence-corrected chi connectivity index (χ0v) is 7.97. The maximum Gasteiger partial charge on any atom is 0.144 e. The molecule has 1 aromatic heterocycles. The predicted molar refractivity (Wildman–Crippen MR) is 50.4 cm³/mol. The van der Waals surface area contributed by atoms with Gasteiger partial charge in [0.25, 0.3) is 0 Å². The lowest BCUT2D eigenvalue weighted by molar-refractivity contribution is 0.576. The van der Waals surface area contributed by atoms with Crippen molar-refractivity contribution in [2.24, 2.45) is 0 Å². The number of nitrogens with zero attached hydrogens (tertiary/aromatic N) is 1. The average molecular weight is 200 g/mol. The Labute approximate surface area is 81.9 Å². The molecule has 0 amide bonds. The SMILES string of the molecule is Fc1cnccc1C1CCCC1Cl. The third-order valence-electron chi connectivity index (χ3n) is 2.63. The molecule has 0 bridgehead atoms. The van der Waals surface area contributed by atoms with Gasteiger partial charge >= 0.3 is 0 Å². The molecule has 1 nitrogen and oxygen atoms in total. The number of pyridine rings is 1. The van der Waals surface area contributed by atoms with Crippen LogP contribution in [0.4, 0.5) is 4.39 Å². The minimum atomic E-state index is -0.222. The Morgan fingerprint density at radius 1 is 1.46 bits per heavy atom. The van der Waals surface area contributed by atoms with Crippen molar-refractivity contribution in [1.82, 2.24) is 4.98 Å². The molecule has 1 fully saturated rings. The van der Waals surface area contributed by atoms with Gasteiger partial charge in [-0.1, -0.05) is 6.42 Å². The summed E-state index contributed by atoms with van der Waals surface area (Å²) >= 11 is 6.10. The number of hydrogen-bond donors (Lipinski definition) is 0. The highest BCUT2D eigenvalue weighted by Crippen LogP contribution is 2.38. The van der Waals surface area contributed by atoms with Crippen molar-refractivity contribution in [2.45, 2.75) is 30.6 Å². The van der Waals surface area contributed by atoms with Crippen LogP contribution in [0.15, 0.2) is 18.5 Å². The summed E-state index contributed by atoms with van der Waals surface area (Å²) in [6.45, 7) is 0. The first-order valence-electron chi connectivity index (χ1n) is 4.52. The van der Waals surface area contributed by atoms with Gasteiger partial charge < -0.3 is 0 Å². The van der Waals surface area contributed by atoms with Crippen LogP contribution in [0.2, 0.25) is 0 Å². The average Bonchev–Trinajstić information content (AvgIpc) is 2.52. The van der Waals surface area contributed by atoms with Crippen LogP contribution in [0, 0.1) is 5.82 Å². The number of rotatable bonds is 1. The highest BCUT2D eigenvalue weighted by Gasteiger charge is 2.28. The molecule has 70 valence electrons. The predicted octanol–water partition coefficient (Wildman–Crippen LogP) is 3.10. The third-order valence-corrected chi connectivity index (χ3v) is 3.16. The summed E-state index contributed by atoms with van der Waals surface area (Å²) in [6.07, 6.45) is 5.97. The Kier molecular flexibility index (Phi) is 2.49. The summed E-state index contributed by atoms with van der Waals surface area (Å²) in [7, 11) is 0. The minimum Gasteiger partial charge on any atom is -0.262 e. The fourth-order valence-corrected chi connectivity index (χ4v) is 2.37. The van der Waals surface area contributed by atoms with Gasteiger partial charge in [0.15, 0.2) is 0 Å². The normalized spacial score (nSPS) is 27.8. The van der Waals surface area contributed by atoms with Crippen LogP contribution in [0.1, 0.15) is 30.7 Å². The van der Waals surface area contributed by atoms with Crippen LogP contribution < -0.4 is 0 Å². The lowest BCUT2D eigenvalue weighted by Crippen LogP contribution is -2.07. The third kappa shape index (κ3) is 1.68. The fourth-order valence-electron chi connectivity index (χ4n) is 1.95. The fraction of sp³-hybridized carbons (Fsp3) is 0.500. The standard InChI is InChI=1S/C10H11ClFN/c11-9-3-1-2-7(9)8-4-5-13-6-10(8)12/h4-7,9H,1-3H2. The summed E-state index contributed by atoms with van der Waals surface area (Å²) in [5.41, 5.74) is 0.729. The summed E-state index contributed by atoms with van der Waals surface area (Å²) in [5.74, 6) is -0.0373. The Balaban J connectivity index is 2.29. The smallest absolute Gasteiger partial charge is 0.144 e. The summed E-state index contributed by atoms with van der Waals surface area (Å²) < 4.78 is 13.3. The van der Waals surface area contributed by atoms with Crippen molar-refractivity contribution in [2.75, 3.05) is 0 Å². The van der Waals surface area contributed by atoms with Gasteiger partial charge in [0, 0.05) is 17.5 Å². The summed E-state index contributed by atoms with van der Waals surface area (Å²) in [5, 5.41) is 0.0944. The van der Waals surface area contributed by atoms with Crippen molar-refractivity contribution in [1.29, 1.82) is 0 Å². The van der Waals surface area contributed by atoms with Crippen LogP contribution in [0.5, 0.6) is 0 Å². The molecule has 1 aliphatic carbocycles. The van der Waals surface area contributed by atoms with E-state index in [1.165, 1.54) is 6.20 Å².